The first-order valence-electron chi connectivity index (χ1n) is 19.6. The standard InChI is InChI=1S/C58H36/c1-3-39-30-31-46(36-40(39)4-2)57-51-26-13-15-28-53(51)58(54-29-16-14-27-52(54)57)55-35-34-47(49-24-11-12-25-50(49)55)44-22-17-23-45(37-44)48-33-32-43(41-18-7-5-8-19-41)38-56(48)42-20-9-6-10-21-42/h1-2,5-38H. The Morgan fingerprint density at radius 1 is 0.241 bits per heavy atom. The molecule has 0 spiro atoms. The van der Waals surface area contributed by atoms with Gasteiger partial charge in [0.1, 0.15) is 0 Å². The van der Waals surface area contributed by atoms with Crippen molar-refractivity contribution in [2.45, 2.75) is 0 Å². The lowest BCUT2D eigenvalue weighted by molar-refractivity contribution is 1.56. The number of rotatable bonds is 6. The van der Waals surface area contributed by atoms with Crippen LogP contribution in [0.4, 0.5) is 0 Å². The van der Waals surface area contributed by atoms with E-state index in [1.165, 1.54) is 88.0 Å². The first-order chi connectivity index (χ1) is 28.7. The minimum atomic E-state index is 0.725. The zero-order valence-electron chi connectivity index (χ0n) is 31.8. The van der Waals surface area contributed by atoms with Gasteiger partial charge in [-0.05, 0) is 123 Å². The van der Waals surface area contributed by atoms with Gasteiger partial charge in [-0.2, -0.15) is 0 Å². The Bertz CT molecular complexity index is 3220. The van der Waals surface area contributed by atoms with E-state index in [9.17, 15) is 0 Å². The van der Waals surface area contributed by atoms with Crippen LogP contribution >= 0.6 is 0 Å². The molecule has 0 N–H and O–H groups in total. The fourth-order valence-corrected chi connectivity index (χ4v) is 8.76. The van der Waals surface area contributed by atoms with Crippen LogP contribution < -0.4 is 0 Å². The highest BCUT2D eigenvalue weighted by Crippen LogP contribution is 2.47. The smallest absolute Gasteiger partial charge is 0.0405 e. The van der Waals surface area contributed by atoms with Gasteiger partial charge in [-0.15, -0.1) is 12.8 Å². The van der Waals surface area contributed by atoms with E-state index in [-0.39, 0.29) is 0 Å². The number of fused-ring (bicyclic) bond motifs is 3. The third-order valence-electron chi connectivity index (χ3n) is 11.4. The summed E-state index contributed by atoms with van der Waals surface area (Å²) in [4.78, 5) is 0. The number of hydrogen-bond donors (Lipinski definition) is 0. The third kappa shape index (κ3) is 5.93. The molecule has 10 aromatic carbocycles. The number of benzene rings is 10. The van der Waals surface area contributed by atoms with Crippen LogP contribution in [0.2, 0.25) is 0 Å². The molecule has 0 unspecified atom stereocenters. The summed E-state index contributed by atoms with van der Waals surface area (Å²) in [6.45, 7) is 0. The van der Waals surface area contributed by atoms with E-state index < -0.39 is 0 Å². The summed E-state index contributed by atoms with van der Waals surface area (Å²) in [7, 11) is 0. The van der Waals surface area contributed by atoms with Crippen LogP contribution in [-0.4, -0.2) is 0 Å². The maximum Gasteiger partial charge on any atom is 0.0405 e. The van der Waals surface area contributed by atoms with E-state index in [0.29, 0.717) is 0 Å². The quantitative estimate of drug-likeness (QED) is 0.118. The van der Waals surface area contributed by atoms with Crippen LogP contribution in [0.3, 0.4) is 0 Å². The highest BCUT2D eigenvalue weighted by Gasteiger charge is 2.20. The van der Waals surface area contributed by atoms with Gasteiger partial charge < -0.3 is 0 Å². The molecule has 0 heterocycles. The van der Waals surface area contributed by atoms with Crippen LogP contribution in [0.25, 0.3) is 99.1 Å². The van der Waals surface area contributed by atoms with Crippen LogP contribution in [0.15, 0.2) is 206 Å². The molecule has 10 aromatic rings. The normalized spacial score (nSPS) is 11.1. The molecule has 0 aromatic heterocycles. The molecular formula is C58H36. The van der Waals surface area contributed by atoms with Gasteiger partial charge >= 0.3 is 0 Å². The summed E-state index contributed by atoms with van der Waals surface area (Å²) >= 11 is 0. The Balaban J connectivity index is 1.15. The van der Waals surface area contributed by atoms with Crippen LogP contribution in [0, 0.1) is 24.7 Å². The van der Waals surface area contributed by atoms with E-state index >= 15 is 0 Å². The molecule has 0 nitrogen and oxygen atoms in total. The average molecular weight is 733 g/mol. The summed E-state index contributed by atoms with van der Waals surface area (Å²) in [6.07, 6.45) is 11.8. The van der Waals surface area contributed by atoms with Gasteiger partial charge in [0.2, 0.25) is 0 Å². The van der Waals surface area contributed by atoms with Gasteiger partial charge in [0.25, 0.3) is 0 Å². The van der Waals surface area contributed by atoms with Crippen molar-refractivity contribution in [3.63, 3.8) is 0 Å². The van der Waals surface area contributed by atoms with Gasteiger partial charge in [-0.1, -0.05) is 194 Å². The Kier molecular flexibility index (Phi) is 8.73. The molecule has 0 aliphatic rings. The zero-order valence-corrected chi connectivity index (χ0v) is 31.8. The van der Waals surface area contributed by atoms with Crippen molar-refractivity contribution in [3.8, 4) is 91.4 Å². The first-order valence-corrected chi connectivity index (χ1v) is 19.6. The lowest BCUT2D eigenvalue weighted by Gasteiger charge is -2.20. The Morgan fingerprint density at radius 3 is 1.33 bits per heavy atom. The maximum atomic E-state index is 5.95. The summed E-state index contributed by atoms with van der Waals surface area (Å²) in [5, 5.41) is 7.12. The van der Waals surface area contributed by atoms with Crippen LogP contribution in [-0.2, 0) is 0 Å². The van der Waals surface area contributed by atoms with Crippen molar-refractivity contribution >= 4 is 32.3 Å². The molecule has 0 fully saturated rings. The second kappa shape index (κ2) is 14.6. The topological polar surface area (TPSA) is 0 Å². The average Bonchev–Trinajstić information content (AvgIpc) is 3.30. The minimum absolute atomic E-state index is 0.725. The Morgan fingerprint density at radius 2 is 0.707 bits per heavy atom. The van der Waals surface area contributed by atoms with Crippen molar-refractivity contribution in [3.05, 3.63) is 217 Å². The fraction of sp³-hybridized carbons (Fsp3) is 0. The van der Waals surface area contributed by atoms with Crippen molar-refractivity contribution < 1.29 is 0 Å². The second-order valence-corrected chi connectivity index (χ2v) is 14.7. The molecule has 0 heteroatoms. The molecule has 0 amide bonds. The third-order valence-corrected chi connectivity index (χ3v) is 11.4. The molecule has 10 rings (SSSR count). The largest absolute Gasteiger partial charge is 0.115 e. The van der Waals surface area contributed by atoms with E-state index in [0.717, 1.165) is 22.3 Å². The highest BCUT2D eigenvalue weighted by atomic mass is 14.2. The SMILES string of the molecule is C#Cc1ccc(-c2c3ccccc3c(-c3ccc(-c4cccc(-c5ccc(-c6ccccc6)cc5-c5ccccc5)c4)c4ccccc34)c3ccccc23)cc1C#C. The maximum absolute atomic E-state index is 5.95. The van der Waals surface area contributed by atoms with Crippen LogP contribution in [0.1, 0.15) is 11.1 Å². The van der Waals surface area contributed by atoms with Gasteiger partial charge in [-0.3, -0.25) is 0 Å². The summed E-state index contributed by atoms with van der Waals surface area (Å²) in [5.74, 6) is 5.57. The molecule has 0 saturated carbocycles. The monoisotopic (exact) mass is 732 g/mol. The summed E-state index contributed by atoms with van der Waals surface area (Å²) in [5.41, 5.74) is 15.7. The van der Waals surface area contributed by atoms with Crippen molar-refractivity contribution in [2.24, 2.45) is 0 Å². The van der Waals surface area contributed by atoms with Gasteiger partial charge in [-0.25, -0.2) is 0 Å². The van der Waals surface area contributed by atoms with E-state index in [1.54, 1.807) is 0 Å². The van der Waals surface area contributed by atoms with E-state index in [1.807, 2.05) is 6.07 Å². The van der Waals surface area contributed by atoms with Gasteiger partial charge in [0, 0.05) is 11.1 Å². The van der Waals surface area contributed by atoms with Gasteiger partial charge in [0.05, 0.1) is 0 Å². The van der Waals surface area contributed by atoms with E-state index in [4.69, 9.17) is 12.8 Å². The van der Waals surface area contributed by atoms with Crippen molar-refractivity contribution in [1.29, 1.82) is 0 Å². The van der Waals surface area contributed by atoms with Crippen LogP contribution in [0.5, 0.6) is 0 Å². The molecule has 0 aliphatic carbocycles. The second-order valence-electron chi connectivity index (χ2n) is 14.7. The summed E-state index contributed by atoms with van der Waals surface area (Å²) < 4.78 is 0. The van der Waals surface area contributed by atoms with E-state index in [2.05, 4.69) is 212 Å². The lowest BCUT2D eigenvalue weighted by Crippen LogP contribution is -1.93. The highest BCUT2D eigenvalue weighted by molar-refractivity contribution is 6.24. The van der Waals surface area contributed by atoms with Crippen molar-refractivity contribution in [2.75, 3.05) is 0 Å². The molecule has 268 valence electrons. The minimum Gasteiger partial charge on any atom is -0.115 e. The predicted molar refractivity (Wildman–Crippen MR) is 247 cm³/mol. The predicted octanol–water partition coefficient (Wildman–Crippen LogP) is 15.1. The molecule has 0 bridgehead atoms. The molecule has 0 saturated heterocycles. The lowest BCUT2D eigenvalue weighted by atomic mass is 9.83. The van der Waals surface area contributed by atoms with Crippen molar-refractivity contribution in [1.82, 2.24) is 0 Å². The first kappa shape index (κ1) is 34.6. The molecule has 0 aliphatic heterocycles. The summed E-state index contributed by atoms with van der Waals surface area (Å²) in [6, 6.07) is 74.2. The fourth-order valence-electron chi connectivity index (χ4n) is 8.76. The number of terminal acetylenes is 2. The Labute approximate surface area is 339 Å². The Hall–Kier alpha value is -7.90. The molecule has 0 atom stereocenters. The number of hydrogen-bond acceptors (Lipinski definition) is 0. The zero-order chi connectivity index (χ0) is 39.0. The molecule has 58 heavy (non-hydrogen) atoms. The molecular weight excluding hydrogens is 697 g/mol. The van der Waals surface area contributed by atoms with Gasteiger partial charge in [0.15, 0.2) is 0 Å². The molecule has 0 radical (unpaired) electrons.